The molecule has 0 spiro atoms. The minimum Gasteiger partial charge on any atom is -0.484 e. The molecule has 0 fully saturated rings. The highest BCUT2D eigenvalue weighted by molar-refractivity contribution is 5.94. The molecule has 0 bridgehead atoms. The van der Waals surface area contributed by atoms with Crippen LogP contribution in [0.15, 0.2) is 24.3 Å². The van der Waals surface area contributed by atoms with Crippen LogP contribution in [0.3, 0.4) is 0 Å². The summed E-state index contributed by atoms with van der Waals surface area (Å²) in [7, 11) is 0. The van der Waals surface area contributed by atoms with Crippen molar-refractivity contribution in [1.82, 2.24) is 10.6 Å². The average molecular weight is 293 g/mol. The van der Waals surface area contributed by atoms with Gasteiger partial charge in [-0.1, -0.05) is 26.0 Å². The van der Waals surface area contributed by atoms with E-state index >= 15 is 0 Å². The molecule has 1 rings (SSSR count). The summed E-state index contributed by atoms with van der Waals surface area (Å²) < 4.78 is 5.28. The van der Waals surface area contributed by atoms with Crippen molar-refractivity contribution in [2.24, 2.45) is 5.73 Å². The number of primary amides is 1. The number of urea groups is 1. The van der Waals surface area contributed by atoms with Gasteiger partial charge in [0, 0.05) is 6.04 Å². The zero-order chi connectivity index (χ0) is 15.7. The van der Waals surface area contributed by atoms with E-state index < -0.39 is 11.9 Å². The molecule has 1 atom stereocenters. The van der Waals surface area contributed by atoms with Gasteiger partial charge in [0.1, 0.15) is 5.75 Å². The molecule has 1 aromatic rings. The number of benzene rings is 1. The van der Waals surface area contributed by atoms with Gasteiger partial charge in [0.2, 0.25) is 0 Å². The molecule has 21 heavy (non-hydrogen) atoms. The number of nitrogens with two attached hydrogens (primary N) is 1. The molecule has 6 heteroatoms. The molecule has 0 saturated heterocycles. The number of carbonyl (C=O) groups is 2. The fourth-order valence-electron chi connectivity index (χ4n) is 1.94. The number of rotatable bonds is 8. The molecule has 3 amide bonds. The van der Waals surface area contributed by atoms with Crippen molar-refractivity contribution in [3.8, 4) is 5.75 Å². The van der Waals surface area contributed by atoms with Crippen LogP contribution in [0.25, 0.3) is 0 Å². The van der Waals surface area contributed by atoms with Gasteiger partial charge in [-0.05, 0) is 37.1 Å². The Hall–Kier alpha value is -2.08. The van der Waals surface area contributed by atoms with Crippen LogP contribution in [-0.2, 0) is 4.79 Å². The Morgan fingerprint density at radius 1 is 1.24 bits per heavy atom. The lowest BCUT2D eigenvalue weighted by atomic mass is 10.0. The third-order valence-corrected chi connectivity index (χ3v) is 2.96. The lowest BCUT2D eigenvalue weighted by molar-refractivity contribution is -0.121. The molecule has 1 aromatic carbocycles. The van der Waals surface area contributed by atoms with Gasteiger partial charge in [0.25, 0.3) is 5.91 Å². The summed E-state index contributed by atoms with van der Waals surface area (Å²) in [6.45, 7) is 5.00. The minimum atomic E-state index is -0.883. The first-order valence-corrected chi connectivity index (χ1v) is 7.12. The number of ether oxygens (including phenoxy) is 1. The minimum absolute atomic E-state index is 0.242. The Morgan fingerprint density at radius 3 is 2.43 bits per heavy atom. The van der Waals surface area contributed by atoms with E-state index in [4.69, 9.17) is 10.5 Å². The summed E-state index contributed by atoms with van der Waals surface area (Å²) >= 11 is 0. The second kappa shape index (κ2) is 8.97. The van der Waals surface area contributed by atoms with Crippen LogP contribution >= 0.6 is 0 Å². The second-order valence-corrected chi connectivity index (χ2v) is 4.69. The van der Waals surface area contributed by atoms with Crippen molar-refractivity contribution in [1.29, 1.82) is 0 Å². The van der Waals surface area contributed by atoms with E-state index in [1.807, 2.05) is 29.6 Å². The number of imide groups is 1. The zero-order valence-corrected chi connectivity index (χ0v) is 12.5. The number of amides is 3. The lowest BCUT2D eigenvalue weighted by Gasteiger charge is -2.17. The fraction of sp³-hybridized carbons (Fsp3) is 0.467. The topological polar surface area (TPSA) is 93.4 Å². The number of hydrogen-bond donors (Lipinski definition) is 3. The molecule has 0 heterocycles. The molecule has 0 aliphatic rings. The molecule has 116 valence electrons. The largest absolute Gasteiger partial charge is 0.484 e. The molecule has 0 saturated carbocycles. The molecule has 0 aromatic heterocycles. The third kappa shape index (κ3) is 6.27. The van der Waals surface area contributed by atoms with E-state index in [1.165, 1.54) is 5.56 Å². The van der Waals surface area contributed by atoms with Gasteiger partial charge < -0.3 is 15.8 Å². The van der Waals surface area contributed by atoms with E-state index in [9.17, 15) is 9.59 Å². The summed E-state index contributed by atoms with van der Waals surface area (Å²) in [6.07, 6.45) is 2.09. The van der Waals surface area contributed by atoms with Crippen LogP contribution in [0, 0.1) is 0 Å². The van der Waals surface area contributed by atoms with E-state index in [-0.39, 0.29) is 6.61 Å². The number of hydrogen-bond acceptors (Lipinski definition) is 4. The highest BCUT2D eigenvalue weighted by Gasteiger charge is 2.09. The van der Waals surface area contributed by atoms with Gasteiger partial charge in [0.15, 0.2) is 6.61 Å². The van der Waals surface area contributed by atoms with Crippen molar-refractivity contribution < 1.29 is 14.3 Å². The van der Waals surface area contributed by atoms with Crippen molar-refractivity contribution in [2.75, 3.05) is 13.2 Å². The Morgan fingerprint density at radius 2 is 1.90 bits per heavy atom. The second-order valence-electron chi connectivity index (χ2n) is 4.69. The molecule has 1 unspecified atom stereocenters. The standard InChI is InChI=1S/C15H23N3O3/c1-3-9-17-13(4-2)11-5-7-12(8-6-11)21-10-14(19)18-15(16)20/h5-8,13,17H,3-4,9-10H2,1-2H3,(H3,16,18,19,20). The SMILES string of the molecule is CCCNC(CC)c1ccc(OCC(=O)NC(N)=O)cc1. The summed E-state index contributed by atoms with van der Waals surface area (Å²) in [6, 6.07) is 6.99. The maximum absolute atomic E-state index is 11.2. The van der Waals surface area contributed by atoms with Gasteiger partial charge in [-0.25, -0.2) is 4.79 Å². The highest BCUT2D eigenvalue weighted by Crippen LogP contribution is 2.20. The molecule has 0 aliphatic heterocycles. The predicted molar refractivity (Wildman–Crippen MR) is 81.0 cm³/mol. The van der Waals surface area contributed by atoms with Gasteiger partial charge in [0.05, 0.1) is 0 Å². The van der Waals surface area contributed by atoms with E-state index in [1.54, 1.807) is 0 Å². The number of carbonyl (C=O) groups excluding carboxylic acids is 2. The van der Waals surface area contributed by atoms with Crippen LogP contribution in [0.5, 0.6) is 5.75 Å². The average Bonchev–Trinajstić information content (AvgIpc) is 2.46. The molecule has 0 radical (unpaired) electrons. The summed E-state index contributed by atoms with van der Waals surface area (Å²) in [5, 5.41) is 5.41. The lowest BCUT2D eigenvalue weighted by Crippen LogP contribution is -2.38. The van der Waals surface area contributed by atoms with Gasteiger partial charge >= 0.3 is 6.03 Å². The van der Waals surface area contributed by atoms with Gasteiger partial charge in [-0.15, -0.1) is 0 Å². The van der Waals surface area contributed by atoms with Crippen molar-refractivity contribution in [3.05, 3.63) is 29.8 Å². The van der Waals surface area contributed by atoms with Crippen molar-refractivity contribution in [2.45, 2.75) is 32.7 Å². The quantitative estimate of drug-likeness (QED) is 0.680. The maximum atomic E-state index is 11.2. The Balaban J connectivity index is 2.53. The Kier molecular flexibility index (Phi) is 7.25. The van der Waals surface area contributed by atoms with Crippen LogP contribution in [-0.4, -0.2) is 25.1 Å². The number of nitrogens with one attached hydrogen (secondary N) is 2. The molecular formula is C15H23N3O3. The van der Waals surface area contributed by atoms with E-state index in [0.29, 0.717) is 11.8 Å². The van der Waals surface area contributed by atoms with Gasteiger partial charge in [-0.3, -0.25) is 10.1 Å². The normalized spacial score (nSPS) is 11.7. The van der Waals surface area contributed by atoms with Crippen LogP contribution in [0.1, 0.15) is 38.3 Å². The first-order chi connectivity index (χ1) is 10.1. The van der Waals surface area contributed by atoms with Crippen LogP contribution in [0.4, 0.5) is 4.79 Å². The van der Waals surface area contributed by atoms with Gasteiger partial charge in [-0.2, -0.15) is 0 Å². The summed E-state index contributed by atoms with van der Waals surface area (Å²) in [5.74, 6) is 0.00587. The first-order valence-electron chi connectivity index (χ1n) is 7.12. The fourth-order valence-corrected chi connectivity index (χ4v) is 1.94. The molecule has 6 nitrogen and oxygen atoms in total. The van der Waals surface area contributed by atoms with E-state index in [2.05, 4.69) is 19.2 Å². The van der Waals surface area contributed by atoms with Crippen LogP contribution in [0.2, 0.25) is 0 Å². The van der Waals surface area contributed by atoms with E-state index in [0.717, 1.165) is 19.4 Å². The predicted octanol–water partition coefficient (Wildman–Crippen LogP) is 1.71. The van der Waals surface area contributed by atoms with Crippen molar-refractivity contribution >= 4 is 11.9 Å². The van der Waals surface area contributed by atoms with Crippen molar-refractivity contribution in [3.63, 3.8) is 0 Å². The first kappa shape index (κ1) is 17.0. The molecule has 4 N–H and O–H groups in total. The Bertz CT molecular complexity index is 460. The molecular weight excluding hydrogens is 270 g/mol. The summed E-state index contributed by atoms with van der Waals surface area (Å²) in [4.78, 5) is 21.7. The zero-order valence-electron chi connectivity index (χ0n) is 12.5. The third-order valence-electron chi connectivity index (χ3n) is 2.96. The molecule has 0 aliphatic carbocycles. The maximum Gasteiger partial charge on any atom is 0.318 e. The summed E-state index contributed by atoms with van der Waals surface area (Å²) in [5.41, 5.74) is 6.02. The smallest absolute Gasteiger partial charge is 0.318 e. The van der Waals surface area contributed by atoms with Crippen LogP contribution < -0.4 is 21.1 Å². The Labute approximate surface area is 125 Å². The monoisotopic (exact) mass is 293 g/mol. The highest BCUT2D eigenvalue weighted by atomic mass is 16.5.